The maximum absolute atomic E-state index is 13.1. The van der Waals surface area contributed by atoms with Gasteiger partial charge in [-0.05, 0) is 49.6 Å². The fourth-order valence-electron chi connectivity index (χ4n) is 3.09. The van der Waals surface area contributed by atoms with E-state index in [0.717, 1.165) is 43.6 Å². The molecule has 1 aliphatic heterocycles. The van der Waals surface area contributed by atoms with Crippen LogP contribution in [-0.4, -0.2) is 25.6 Å². The molecule has 0 bridgehead atoms. The number of alkyl halides is 3. The molecule has 3 rings (SSSR count). The van der Waals surface area contributed by atoms with E-state index in [-0.39, 0.29) is 12.3 Å². The summed E-state index contributed by atoms with van der Waals surface area (Å²) in [5.74, 6) is 0.0643. The van der Waals surface area contributed by atoms with E-state index in [0.29, 0.717) is 11.4 Å². The first-order valence-electron chi connectivity index (χ1n) is 8.79. The van der Waals surface area contributed by atoms with Crippen LogP contribution in [0.25, 0.3) is 0 Å². The monoisotopic (exact) mass is 378 g/mol. The van der Waals surface area contributed by atoms with Gasteiger partial charge in [0.25, 0.3) is 5.91 Å². The quantitative estimate of drug-likeness (QED) is 0.825. The number of nitrogens with zero attached hydrogens (tertiary/aromatic N) is 1. The lowest BCUT2D eigenvalue weighted by Gasteiger charge is -2.23. The standard InChI is InChI=1S/C20H21F3N2O2/c1-14-6-2-3-7-18(14)27-13-19(26)24-16-12-15(20(21,22)23)8-9-17(16)25-10-4-5-11-25/h2-3,6-9,12H,4-5,10-11,13H2,1H3,(H,24,26). The summed E-state index contributed by atoms with van der Waals surface area (Å²) in [5.41, 5.74) is 0.845. The van der Waals surface area contributed by atoms with E-state index in [4.69, 9.17) is 4.74 Å². The van der Waals surface area contributed by atoms with Crippen molar-refractivity contribution in [1.29, 1.82) is 0 Å². The highest BCUT2D eigenvalue weighted by molar-refractivity contribution is 5.95. The molecule has 0 unspecified atom stereocenters. The molecular weight excluding hydrogens is 357 g/mol. The van der Waals surface area contributed by atoms with Gasteiger partial charge in [0.2, 0.25) is 0 Å². The van der Waals surface area contributed by atoms with E-state index in [1.165, 1.54) is 6.07 Å². The average molecular weight is 378 g/mol. The SMILES string of the molecule is Cc1ccccc1OCC(=O)Nc1cc(C(F)(F)F)ccc1N1CCCC1. The highest BCUT2D eigenvalue weighted by Crippen LogP contribution is 2.36. The fraction of sp³-hybridized carbons (Fsp3) is 0.350. The van der Waals surface area contributed by atoms with Gasteiger partial charge in [0.15, 0.2) is 6.61 Å². The Bertz CT molecular complexity index is 815. The van der Waals surface area contributed by atoms with Gasteiger partial charge in [-0.1, -0.05) is 18.2 Å². The largest absolute Gasteiger partial charge is 0.483 e. The minimum Gasteiger partial charge on any atom is -0.483 e. The molecule has 27 heavy (non-hydrogen) atoms. The van der Waals surface area contributed by atoms with Crippen LogP contribution in [0.4, 0.5) is 24.5 Å². The van der Waals surface area contributed by atoms with Crippen LogP contribution < -0.4 is 15.0 Å². The van der Waals surface area contributed by atoms with Gasteiger partial charge in [-0.25, -0.2) is 0 Å². The molecule has 7 heteroatoms. The molecule has 1 amide bonds. The fourth-order valence-corrected chi connectivity index (χ4v) is 3.09. The van der Waals surface area contributed by atoms with Gasteiger partial charge in [-0.15, -0.1) is 0 Å². The predicted molar refractivity (Wildman–Crippen MR) is 98.2 cm³/mol. The Labute approximate surface area is 155 Å². The molecule has 1 aliphatic rings. The van der Waals surface area contributed by atoms with Gasteiger partial charge in [0.1, 0.15) is 5.75 Å². The molecular formula is C20H21F3N2O2. The van der Waals surface area contributed by atoms with Crippen molar-refractivity contribution in [2.75, 3.05) is 29.9 Å². The van der Waals surface area contributed by atoms with Crippen molar-refractivity contribution in [2.24, 2.45) is 0 Å². The molecule has 0 saturated carbocycles. The zero-order valence-electron chi connectivity index (χ0n) is 15.0. The van der Waals surface area contributed by atoms with E-state index in [1.54, 1.807) is 12.1 Å². The molecule has 0 atom stereocenters. The number of nitrogens with one attached hydrogen (secondary N) is 1. The molecule has 144 valence electrons. The predicted octanol–water partition coefficient (Wildman–Crippen LogP) is 4.63. The van der Waals surface area contributed by atoms with Gasteiger partial charge in [0, 0.05) is 13.1 Å². The lowest BCUT2D eigenvalue weighted by molar-refractivity contribution is -0.137. The third kappa shape index (κ3) is 4.72. The van der Waals surface area contributed by atoms with Crippen molar-refractivity contribution >= 4 is 17.3 Å². The van der Waals surface area contributed by atoms with Crippen LogP contribution >= 0.6 is 0 Å². The van der Waals surface area contributed by atoms with Crippen LogP contribution in [0.3, 0.4) is 0 Å². The smallest absolute Gasteiger partial charge is 0.416 e. The first-order valence-corrected chi connectivity index (χ1v) is 8.79. The van der Waals surface area contributed by atoms with Crippen molar-refractivity contribution in [3.63, 3.8) is 0 Å². The van der Waals surface area contributed by atoms with E-state index in [9.17, 15) is 18.0 Å². The van der Waals surface area contributed by atoms with Crippen molar-refractivity contribution in [3.05, 3.63) is 53.6 Å². The summed E-state index contributed by atoms with van der Waals surface area (Å²) in [5, 5.41) is 2.58. The molecule has 0 aliphatic carbocycles. The van der Waals surface area contributed by atoms with Gasteiger partial charge in [0.05, 0.1) is 16.9 Å². The van der Waals surface area contributed by atoms with Crippen LogP contribution in [-0.2, 0) is 11.0 Å². The number of rotatable bonds is 5. The number of hydrogen-bond donors (Lipinski definition) is 1. The Balaban J connectivity index is 1.76. The third-order valence-electron chi connectivity index (χ3n) is 4.50. The van der Waals surface area contributed by atoms with Gasteiger partial charge in [-0.2, -0.15) is 13.2 Å². The highest BCUT2D eigenvalue weighted by atomic mass is 19.4. The molecule has 0 spiro atoms. The minimum atomic E-state index is -4.47. The van der Waals surface area contributed by atoms with Crippen LogP contribution in [0.1, 0.15) is 24.0 Å². The summed E-state index contributed by atoms with van der Waals surface area (Å²) in [6, 6.07) is 10.7. The van der Waals surface area contributed by atoms with E-state index in [2.05, 4.69) is 5.32 Å². The van der Waals surface area contributed by atoms with Gasteiger partial charge >= 0.3 is 6.18 Å². The van der Waals surface area contributed by atoms with Crippen molar-refractivity contribution in [2.45, 2.75) is 25.9 Å². The molecule has 4 nitrogen and oxygen atoms in total. The first kappa shape index (κ1) is 19.1. The third-order valence-corrected chi connectivity index (χ3v) is 4.50. The number of aryl methyl sites for hydroxylation is 1. The van der Waals surface area contributed by atoms with Crippen molar-refractivity contribution < 1.29 is 22.7 Å². The maximum Gasteiger partial charge on any atom is 0.416 e. The second-order valence-electron chi connectivity index (χ2n) is 6.53. The average Bonchev–Trinajstić information content (AvgIpc) is 3.14. The van der Waals surface area contributed by atoms with Crippen molar-refractivity contribution in [1.82, 2.24) is 0 Å². The second kappa shape index (κ2) is 7.90. The summed E-state index contributed by atoms with van der Waals surface area (Å²) < 4.78 is 44.7. The number of carbonyl (C=O) groups excluding carboxylic acids is 1. The molecule has 1 fully saturated rings. The van der Waals surface area contributed by atoms with Crippen LogP contribution in [0.5, 0.6) is 5.75 Å². The summed E-state index contributed by atoms with van der Waals surface area (Å²) >= 11 is 0. The number of anilines is 2. The Morgan fingerprint density at radius 1 is 1.15 bits per heavy atom. The molecule has 2 aromatic rings. The summed E-state index contributed by atoms with van der Waals surface area (Å²) in [6.45, 7) is 3.09. The number of ether oxygens (including phenoxy) is 1. The minimum absolute atomic E-state index is 0.158. The number of carbonyl (C=O) groups is 1. The molecule has 1 N–H and O–H groups in total. The molecule has 2 aromatic carbocycles. The Morgan fingerprint density at radius 2 is 1.85 bits per heavy atom. The number of benzene rings is 2. The lowest BCUT2D eigenvalue weighted by atomic mass is 10.1. The molecule has 1 saturated heterocycles. The first-order chi connectivity index (χ1) is 12.8. The van der Waals surface area contributed by atoms with Gasteiger partial charge < -0.3 is 15.0 Å². The number of amides is 1. The normalized spacial score (nSPS) is 14.3. The van der Waals surface area contributed by atoms with Gasteiger partial charge in [-0.3, -0.25) is 4.79 Å². The number of para-hydroxylation sites is 1. The topological polar surface area (TPSA) is 41.6 Å². The summed E-state index contributed by atoms with van der Waals surface area (Å²) in [6.07, 6.45) is -2.52. The van der Waals surface area contributed by atoms with E-state index < -0.39 is 17.6 Å². The number of hydrogen-bond acceptors (Lipinski definition) is 3. The lowest BCUT2D eigenvalue weighted by Crippen LogP contribution is -2.24. The Kier molecular flexibility index (Phi) is 5.58. The van der Waals surface area contributed by atoms with Crippen LogP contribution in [0.2, 0.25) is 0 Å². The van der Waals surface area contributed by atoms with Crippen LogP contribution in [0.15, 0.2) is 42.5 Å². The summed E-state index contributed by atoms with van der Waals surface area (Å²) in [7, 11) is 0. The maximum atomic E-state index is 13.1. The number of halogens is 3. The zero-order valence-corrected chi connectivity index (χ0v) is 15.0. The highest BCUT2D eigenvalue weighted by Gasteiger charge is 2.32. The zero-order chi connectivity index (χ0) is 19.4. The summed E-state index contributed by atoms with van der Waals surface area (Å²) in [4.78, 5) is 14.3. The Hall–Kier alpha value is -2.70. The molecule has 0 aromatic heterocycles. The molecule has 0 radical (unpaired) electrons. The Morgan fingerprint density at radius 3 is 2.52 bits per heavy atom. The second-order valence-corrected chi connectivity index (χ2v) is 6.53. The van der Waals surface area contributed by atoms with Crippen LogP contribution in [0, 0.1) is 6.92 Å². The van der Waals surface area contributed by atoms with E-state index >= 15 is 0 Å². The molecule has 1 heterocycles. The van der Waals surface area contributed by atoms with Crippen molar-refractivity contribution in [3.8, 4) is 5.75 Å². The van der Waals surface area contributed by atoms with E-state index in [1.807, 2.05) is 24.0 Å².